The van der Waals surface area contributed by atoms with Gasteiger partial charge in [-0.15, -0.1) is 6.42 Å². The lowest BCUT2D eigenvalue weighted by Crippen LogP contribution is -2.33. The number of hydrogen-bond acceptors (Lipinski definition) is 2. The molecule has 1 atom stereocenters. The second-order valence-corrected chi connectivity index (χ2v) is 3.00. The lowest BCUT2D eigenvalue weighted by molar-refractivity contribution is -0.121. The Hall–Kier alpha value is -1.01. The van der Waals surface area contributed by atoms with E-state index in [2.05, 4.69) is 11.2 Å². The Morgan fingerprint density at radius 1 is 1.57 bits per heavy atom. The van der Waals surface area contributed by atoms with E-state index < -0.39 is 0 Å². The van der Waals surface area contributed by atoms with Crippen molar-refractivity contribution in [1.82, 2.24) is 5.32 Å². The van der Waals surface area contributed by atoms with Crippen molar-refractivity contribution in [3.63, 3.8) is 0 Å². The van der Waals surface area contributed by atoms with Crippen molar-refractivity contribution in [3.05, 3.63) is 0 Å². The predicted octanol–water partition coefficient (Wildman–Crippen LogP) is 1.33. The van der Waals surface area contributed by atoms with Gasteiger partial charge < -0.3 is 10.1 Å². The summed E-state index contributed by atoms with van der Waals surface area (Å²) >= 11 is 0. The summed E-state index contributed by atoms with van der Waals surface area (Å²) in [4.78, 5) is 11.3. The molecule has 0 saturated carbocycles. The summed E-state index contributed by atoms with van der Waals surface area (Å²) in [6.45, 7) is 5.22. The summed E-state index contributed by atoms with van der Waals surface area (Å²) in [6.07, 6.45) is 7.23. The minimum atomic E-state index is -0.130. The van der Waals surface area contributed by atoms with Crippen molar-refractivity contribution in [1.29, 1.82) is 0 Å². The molecule has 0 spiro atoms. The zero-order valence-corrected chi connectivity index (χ0v) is 9.01. The van der Waals surface area contributed by atoms with Crippen LogP contribution in [-0.4, -0.2) is 25.2 Å². The van der Waals surface area contributed by atoms with Crippen LogP contribution < -0.4 is 5.32 Å². The first-order valence-corrected chi connectivity index (χ1v) is 5.07. The monoisotopic (exact) mass is 197 g/mol. The molecule has 0 aromatic heterocycles. The van der Waals surface area contributed by atoms with Crippen LogP contribution in [0.3, 0.4) is 0 Å². The van der Waals surface area contributed by atoms with Gasteiger partial charge in [-0.1, -0.05) is 12.8 Å². The Morgan fingerprint density at radius 3 is 2.79 bits per heavy atom. The number of carbonyl (C=O) groups excluding carboxylic acids is 1. The highest BCUT2D eigenvalue weighted by Crippen LogP contribution is 1.93. The van der Waals surface area contributed by atoms with Crippen LogP contribution in [-0.2, 0) is 9.53 Å². The van der Waals surface area contributed by atoms with Gasteiger partial charge in [0, 0.05) is 19.6 Å². The largest absolute Gasteiger partial charge is 0.382 e. The van der Waals surface area contributed by atoms with Gasteiger partial charge in [0.2, 0.25) is 5.91 Å². The molecule has 0 aromatic carbocycles. The smallest absolute Gasteiger partial charge is 0.221 e. The first-order chi connectivity index (χ1) is 6.74. The average Bonchev–Trinajstić information content (AvgIpc) is 2.21. The predicted molar refractivity (Wildman–Crippen MR) is 56.8 cm³/mol. The Labute approximate surface area is 86.2 Å². The van der Waals surface area contributed by atoms with Crippen molar-refractivity contribution in [3.8, 4) is 12.3 Å². The van der Waals surface area contributed by atoms with Gasteiger partial charge in [0.25, 0.3) is 0 Å². The summed E-state index contributed by atoms with van der Waals surface area (Å²) in [5, 5.41) is 2.76. The third-order valence-corrected chi connectivity index (χ3v) is 1.84. The summed E-state index contributed by atoms with van der Waals surface area (Å²) < 4.78 is 5.12. The number of amides is 1. The number of hydrogen-bond donors (Lipinski definition) is 1. The lowest BCUT2D eigenvalue weighted by Gasteiger charge is -2.10. The average molecular weight is 197 g/mol. The summed E-state index contributed by atoms with van der Waals surface area (Å²) in [7, 11) is 0. The molecule has 0 bridgehead atoms. The van der Waals surface area contributed by atoms with E-state index in [0.717, 1.165) is 12.8 Å². The molecule has 1 unspecified atom stereocenters. The van der Waals surface area contributed by atoms with Crippen molar-refractivity contribution >= 4 is 5.91 Å². The van der Waals surface area contributed by atoms with Crippen LogP contribution >= 0.6 is 0 Å². The topological polar surface area (TPSA) is 38.3 Å². The highest BCUT2D eigenvalue weighted by molar-refractivity contribution is 5.76. The van der Waals surface area contributed by atoms with Gasteiger partial charge in [-0.2, -0.15) is 0 Å². The molecule has 0 saturated heterocycles. The highest BCUT2D eigenvalue weighted by Gasteiger charge is 2.06. The van der Waals surface area contributed by atoms with E-state index in [0.29, 0.717) is 19.6 Å². The van der Waals surface area contributed by atoms with Crippen molar-refractivity contribution in [2.24, 2.45) is 0 Å². The molecule has 14 heavy (non-hydrogen) atoms. The Kier molecular flexibility index (Phi) is 7.96. The molecule has 0 fully saturated rings. The lowest BCUT2D eigenvalue weighted by atomic mass is 10.2. The fourth-order valence-electron chi connectivity index (χ4n) is 1.01. The maximum absolute atomic E-state index is 11.3. The Balaban J connectivity index is 3.50. The molecule has 1 amide bonds. The maximum Gasteiger partial charge on any atom is 0.221 e. The molecule has 0 heterocycles. The van der Waals surface area contributed by atoms with E-state index in [1.807, 2.05) is 13.8 Å². The number of carbonyl (C=O) groups is 1. The molecular formula is C11H19NO2. The zero-order valence-electron chi connectivity index (χ0n) is 9.01. The van der Waals surface area contributed by atoms with Gasteiger partial charge >= 0.3 is 0 Å². The summed E-state index contributed by atoms with van der Waals surface area (Å²) in [5.41, 5.74) is 0. The van der Waals surface area contributed by atoms with Crippen LogP contribution in [0.25, 0.3) is 0 Å². The van der Waals surface area contributed by atoms with E-state index in [4.69, 9.17) is 11.2 Å². The molecule has 0 aliphatic carbocycles. The third kappa shape index (κ3) is 6.50. The normalized spacial score (nSPS) is 11.8. The molecule has 3 nitrogen and oxygen atoms in total. The molecule has 3 heteroatoms. The molecule has 80 valence electrons. The summed E-state index contributed by atoms with van der Waals surface area (Å²) in [5.74, 6) is 2.53. The zero-order chi connectivity index (χ0) is 10.8. The molecular weight excluding hydrogens is 178 g/mol. The van der Waals surface area contributed by atoms with Crippen LogP contribution in [0.15, 0.2) is 0 Å². The van der Waals surface area contributed by atoms with Crippen molar-refractivity contribution < 1.29 is 9.53 Å². The SMILES string of the molecule is C#CC(CC)NC(=O)CCCOCC. The van der Waals surface area contributed by atoms with Crippen LogP contribution in [0.1, 0.15) is 33.1 Å². The van der Waals surface area contributed by atoms with Gasteiger partial charge in [0.05, 0.1) is 6.04 Å². The first-order valence-electron chi connectivity index (χ1n) is 5.07. The standard InChI is InChI=1S/C11H19NO2/c1-4-10(5-2)12-11(13)8-7-9-14-6-3/h1,10H,5-9H2,2-3H3,(H,12,13). The van der Waals surface area contributed by atoms with Crippen molar-refractivity contribution in [2.75, 3.05) is 13.2 Å². The second kappa shape index (κ2) is 8.58. The van der Waals surface area contributed by atoms with E-state index in [1.54, 1.807) is 0 Å². The molecule has 1 N–H and O–H groups in total. The minimum Gasteiger partial charge on any atom is -0.382 e. The molecule has 0 rings (SSSR count). The number of rotatable bonds is 7. The van der Waals surface area contributed by atoms with E-state index in [9.17, 15) is 4.79 Å². The quantitative estimate of drug-likeness (QED) is 0.494. The van der Waals surface area contributed by atoms with Gasteiger partial charge in [-0.25, -0.2) is 0 Å². The van der Waals surface area contributed by atoms with Gasteiger partial charge in [-0.05, 0) is 19.8 Å². The second-order valence-electron chi connectivity index (χ2n) is 3.00. The van der Waals surface area contributed by atoms with E-state index in [-0.39, 0.29) is 11.9 Å². The fourth-order valence-corrected chi connectivity index (χ4v) is 1.01. The number of terminal acetylenes is 1. The van der Waals surface area contributed by atoms with Gasteiger partial charge in [0.1, 0.15) is 0 Å². The molecule has 0 aliphatic rings. The Morgan fingerprint density at radius 2 is 2.29 bits per heavy atom. The van der Waals surface area contributed by atoms with Gasteiger partial charge in [-0.3, -0.25) is 4.79 Å². The van der Waals surface area contributed by atoms with Crippen LogP contribution in [0.5, 0.6) is 0 Å². The third-order valence-electron chi connectivity index (χ3n) is 1.84. The van der Waals surface area contributed by atoms with Crippen LogP contribution in [0, 0.1) is 12.3 Å². The van der Waals surface area contributed by atoms with E-state index >= 15 is 0 Å². The first kappa shape index (κ1) is 13.0. The van der Waals surface area contributed by atoms with Crippen molar-refractivity contribution in [2.45, 2.75) is 39.2 Å². The molecule has 0 radical (unpaired) electrons. The number of nitrogens with one attached hydrogen (secondary N) is 1. The summed E-state index contributed by atoms with van der Waals surface area (Å²) in [6, 6.07) is -0.130. The highest BCUT2D eigenvalue weighted by atomic mass is 16.5. The Bertz CT molecular complexity index is 196. The van der Waals surface area contributed by atoms with Crippen LogP contribution in [0.4, 0.5) is 0 Å². The maximum atomic E-state index is 11.3. The van der Waals surface area contributed by atoms with Crippen LogP contribution in [0.2, 0.25) is 0 Å². The van der Waals surface area contributed by atoms with E-state index in [1.165, 1.54) is 0 Å². The minimum absolute atomic E-state index is 0.00880. The number of ether oxygens (including phenoxy) is 1. The molecule has 0 aromatic rings. The van der Waals surface area contributed by atoms with Gasteiger partial charge in [0.15, 0.2) is 0 Å². The molecule has 0 aliphatic heterocycles. The fraction of sp³-hybridized carbons (Fsp3) is 0.727.